The van der Waals surface area contributed by atoms with Crippen LogP contribution in [-0.4, -0.2) is 6.03 Å². The van der Waals surface area contributed by atoms with E-state index in [2.05, 4.69) is 10.6 Å². The van der Waals surface area contributed by atoms with Crippen molar-refractivity contribution in [1.82, 2.24) is 5.32 Å². The Bertz CT molecular complexity index is 596. The maximum absolute atomic E-state index is 11.8. The maximum Gasteiger partial charge on any atom is 0.319 e. The van der Waals surface area contributed by atoms with Crippen molar-refractivity contribution >= 4 is 11.7 Å². The molecule has 0 radical (unpaired) electrons. The number of rotatable bonds is 4. The van der Waals surface area contributed by atoms with Gasteiger partial charge in [-0.2, -0.15) is 0 Å². The predicted molar refractivity (Wildman–Crippen MR) is 81.4 cm³/mol. The zero-order valence-electron chi connectivity index (χ0n) is 11.5. The number of hydrogen-bond acceptors (Lipinski definition) is 2. The van der Waals surface area contributed by atoms with E-state index in [1.165, 1.54) is 0 Å². The summed E-state index contributed by atoms with van der Waals surface area (Å²) in [6.07, 6.45) is 0. The molecule has 0 aliphatic heterocycles. The smallest absolute Gasteiger partial charge is 0.319 e. The van der Waals surface area contributed by atoms with E-state index >= 15 is 0 Å². The Labute approximate surface area is 119 Å². The maximum atomic E-state index is 11.8. The zero-order chi connectivity index (χ0) is 14.4. The van der Waals surface area contributed by atoms with Gasteiger partial charge in [-0.15, -0.1) is 0 Å². The number of benzene rings is 2. The van der Waals surface area contributed by atoms with Gasteiger partial charge in [-0.3, -0.25) is 0 Å². The third kappa shape index (κ3) is 3.83. The highest BCUT2D eigenvalue weighted by molar-refractivity contribution is 5.89. The number of aryl methyl sites for hydroxylation is 1. The highest BCUT2D eigenvalue weighted by Gasteiger charge is 2.03. The van der Waals surface area contributed by atoms with Gasteiger partial charge < -0.3 is 16.4 Å². The second kappa shape index (κ2) is 6.73. The van der Waals surface area contributed by atoms with Crippen molar-refractivity contribution in [2.24, 2.45) is 5.73 Å². The number of carbonyl (C=O) groups is 1. The van der Waals surface area contributed by atoms with Gasteiger partial charge in [-0.25, -0.2) is 4.79 Å². The molecule has 0 aliphatic rings. The average Bonchev–Trinajstić information content (AvgIpc) is 2.46. The van der Waals surface area contributed by atoms with Crippen molar-refractivity contribution in [3.05, 3.63) is 65.2 Å². The lowest BCUT2D eigenvalue weighted by Crippen LogP contribution is -2.28. The molecule has 0 bridgehead atoms. The Morgan fingerprint density at radius 2 is 1.95 bits per heavy atom. The van der Waals surface area contributed by atoms with Crippen LogP contribution in [0.15, 0.2) is 48.5 Å². The Kier molecular flexibility index (Phi) is 4.74. The van der Waals surface area contributed by atoms with Crippen LogP contribution >= 0.6 is 0 Å². The Morgan fingerprint density at radius 1 is 1.15 bits per heavy atom. The lowest BCUT2D eigenvalue weighted by Gasteiger charge is -2.10. The van der Waals surface area contributed by atoms with Crippen LogP contribution in [0.1, 0.15) is 16.7 Å². The third-order valence-corrected chi connectivity index (χ3v) is 3.12. The van der Waals surface area contributed by atoms with Crippen molar-refractivity contribution < 1.29 is 4.79 Å². The molecule has 0 saturated heterocycles. The van der Waals surface area contributed by atoms with Crippen LogP contribution in [0.5, 0.6) is 0 Å². The summed E-state index contributed by atoms with van der Waals surface area (Å²) in [5, 5.41) is 5.65. The normalized spacial score (nSPS) is 10.1. The molecule has 20 heavy (non-hydrogen) atoms. The number of urea groups is 1. The van der Waals surface area contributed by atoms with Gasteiger partial charge >= 0.3 is 6.03 Å². The first-order chi connectivity index (χ1) is 9.69. The molecule has 0 heterocycles. The first-order valence-electron chi connectivity index (χ1n) is 6.57. The van der Waals surface area contributed by atoms with Gasteiger partial charge in [0.2, 0.25) is 0 Å². The highest BCUT2D eigenvalue weighted by Crippen LogP contribution is 2.10. The topological polar surface area (TPSA) is 67.2 Å². The number of hydrogen-bond donors (Lipinski definition) is 3. The zero-order valence-corrected chi connectivity index (χ0v) is 11.5. The average molecular weight is 269 g/mol. The molecule has 4 nitrogen and oxygen atoms in total. The molecule has 2 amide bonds. The molecule has 0 spiro atoms. The standard InChI is InChI=1S/C16H19N3O/c1-12-5-2-3-7-14(12)11-18-16(20)19-15-8-4-6-13(9-15)10-17/h2-9H,10-11,17H2,1H3,(H2,18,19,20). The summed E-state index contributed by atoms with van der Waals surface area (Å²) in [5.41, 5.74) is 9.58. The van der Waals surface area contributed by atoms with E-state index in [0.717, 1.165) is 22.4 Å². The molecule has 0 aliphatic carbocycles. The molecule has 2 rings (SSSR count). The quantitative estimate of drug-likeness (QED) is 0.799. The van der Waals surface area contributed by atoms with Crippen LogP contribution in [0.4, 0.5) is 10.5 Å². The molecular formula is C16H19N3O. The van der Waals surface area contributed by atoms with Crippen molar-refractivity contribution in [1.29, 1.82) is 0 Å². The minimum atomic E-state index is -0.220. The van der Waals surface area contributed by atoms with Gasteiger partial charge in [-0.05, 0) is 35.7 Å². The van der Waals surface area contributed by atoms with Crippen molar-refractivity contribution in [2.75, 3.05) is 5.32 Å². The van der Waals surface area contributed by atoms with Crippen LogP contribution < -0.4 is 16.4 Å². The fraction of sp³-hybridized carbons (Fsp3) is 0.188. The minimum absolute atomic E-state index is 0.220. The summed E-state index contributed by atoms with van der Waals surface area (Å²) in [5.74, 6) is 0. The van der Waals surface area contributed by atoms with Crippen molar-refractivity contribution in [2.45, 2.75) is 20.0 Å². The van der Waals surface area contributed by atoms with E-state index in [0.29, 0.717) is 13.1 Å². The van der Waals surface area contributed by atoms with Crippen LogP contribution in [0.25, 0.3) is 0 Å². The number of nitrogens with one attached hydrogen (secondary N) is 2. The highest BCUT2D eigenvalue weighted by atomic mass is 16.2. The summed E-state index contributed by atoms with van der Waals surface area (Å²) >= 11 is 0. The van der Waals surface area contributed by atoms with Gasteiger partial charge in [0.25, 0.3) is 0 Å². The summed E-state index contributed by atoms with van der Waals surface area (Å²) < 4.78 is 0. The molecule has 0 atom stereocenters. The van der Waals surface area contributed by atoms with E-state index in [-0.39, 0.29) is 6.03 Å². The molecule has 4 N–H and O–H groups in total. The van der Waals surface area contributed by atoms with Crippen LogP contribution in [0.2, 0.25) is 0 Å². The van der Waals surface area contributed by atoms with E-state index < -0.39 is 0 Å². The molecule has 0 fully saturated rings. The lowest BCUT2D eigenvalue weighted by molar-refractivity contribution is 0.251. The fourth-order valence-electron chi connectivity index (χ4n) is 1.94. The molecule has 0 saturated carbocycles. The molecular weight excluding hydrogens is 250 g/mol. The van der Waals surface area contributed by atoms with Gasteiger partial charge in [0, 0.05) is 18.8 Å². The fourth-order valence-corrected chi connectivity index (χ4v) is 1.94. The Morgan fingerprint density at radius 3 is 2.70 bits per heavy atom. The monoisotopic (exact) mass is 269 g/mol. The van der Waals surface area contributed by atoms with Gasteiger partial charge in [0.1, 0.15) is 0 Å². The molecule has 2 aromatic carbocycles. The molecule has 2 aromatic rings. The molecule has 0 unspecified atom stereocenters. The summed E-state index contributed by atoms with van der Waals surface area (Å²) in [6, 6.07) is 15.3. The largest absolute Gasteiger partial charge is 0.334 e. The lowest BCUT2D eigenvalue weighted by atomic mass is 10.1. The molecule has 104 valence electrons. The van der Waals surface area contributed by atoms with Crippen LogP contribution in [0.3, 0.4) is 0 Å². The first kappa shape index (κ1) is 14.1. The van der Waals surface area contributed by atoms with E-state index in [1.54, 1.807) is 0 Å². The summed E-state index contributed by atoms with van der Waals surface area (Å²) in [4.78, 5) is 11.8. The third-order valence-electron chi connectivity index (χ3n) is 3.12. The first-order valence-corrected chi connectivity index (χ1v) is 6.57. The number of amides is 2. The molecule has 0 aromatic heterocycles. The second-order valence-corrected chi connectivity index (χ2v) is 4.64. The summed E-state index contributed by atoms with van der Waals surface area (Å²) in [6.45, 7) is 3.00. The Balaban J connectivity index is 1.91. The van der Waals surface area contributed by atoms with E-state index in [4.69, 9.17) is 5.73 Å². The second-order valence-electron chi connectivity index (χ2n) is 4.64. The van der Waals surface area contributed by atoms with Crippen LogP contribution in [0, 0.1) is 6.92 Å². The van der Waals surface area contributed by atoms with E-state index in [1.807, 2.05) is 55.5 Å². The predicted octanol–water partition coefficient (Wildman–Crippen LogP) is 2.78. The molecule has 4 heteroatoms. The SMILES string of the molecule is Cc1ccccc1CNC(=O)Nc1cccc(CN)c1. The van der Waals surface area contributed by atoms with Crippen molar-refractivity contribution in [3.8, 4) is 0 Å². The van der Waals surface area contributed by atoms with Gasteiger partial charge in [0.05, 0.1) is 0 Å². The summed E-state index contributed by atoms with van der Waals surface area (Å²) in [7, 11) is 0. The van der Waals surface area contributed by atoms with E-state index in [9.17, 15) is 4.79 Å². The van der Waals surface area contributed by atoms with Gasteiger partial charge in [0.15, 0.2) is 0 Å². The van der Waals surface area contributed by atoms with Crippen molar-refractivity contribution in [3.63, 3.8) is 0 Å². The number of nitrogens with two attached hydrogens (primary N) is 1. The number of carbonyl (C=O) groups excluding carboxylic acids is 1. The van der Waals surface area contributed by atoms with Crippen LogP contribution in [-0.2, 0) is 13.1 Å². The van der Waals surface area contributed by atoms with Gasteiger partial charge in [-0.1, -0.05) is 36.4 Å². The number of anilines is 1. The minimum Gasteiger partial charge on any atom is -0.334 e. The Hall–Kier alpha value is -2.33.